The van der Waals surface area contributed by atoms with Crippen molar-refractivity contribution in [3.8, 4) is 0 Å². The Hall–Kier alpha value is -1.68. The van der Waals surface area contributed by atoms with Gasteiger partial charge in [-0.2, -0.15) is 0 Å². The number of fused-ring (bicyclic) bond motifs is 1. The quantitative estimate of drug-likeness (QED) is 0.579. The van der Waals surface area contributed by atoms with E-state index >= 15 is 0 Å². The second kappa shape index (κ2) is 4.30. The molecule has 0 saturated heterocycles. The van der Waals surface area contributed by atoms with Crippen molar-refractivity contribution in [2.75, 3.05) is 7.11 Å². The van der Waals surface area contributed by atoms with Gasteiger partial charge < -0.3 is 4.74 Å². The molecule has 5 heteroatoms. The van der Waals surface area contributed by atoms with Crippen molar-refractivity contribution >= 4 is 28.5 Å². The minimum atomic E-state index is -0.591. The number of hydrogen-bond donors (Lipinski definition) is 0. The second-order valence-corrected chi connectivity index (χ2v) is 3.97. The SMILES string of the molecule is COC(=O)c1cc2cc(F)cc(C)c2nc1Cl. The van der Waals surface area contributed by atoms with Gasteiger partial charge >= 0.3 is 5.97 Å². The van der Waals surface area contributed by atoms with Gasteiger partial charge in [0, 0.05) is 5.39 Å². The number of esters is 1. The number of benzene rings is 1. The fourth-order valence-electron chi connectivity index (χ4n) is 1.65. The lowest BCUT2D eigenvalue weighted by Crippen LogP contribution is -2.04. The number of ether oxygens (including phenoxy) is 1. The lowest BCUT2D eigenvalue weighted by atomic mass is 10.1. The van der Waals surface area contributed by atoms with Crippen LogP contribution >= 0.6 is 11.6 Å². The van der Waals surface area contributed by atoms with Gasteiger partial charge in [0.15, 0.2) is 0 Å². The summed E-state index contributed by atoms with van der Waals surface area (Å²) >= 11 is 5.88. The van der Waals surface area contributed by atoms with E-state index in [4.69, 9.17) is 11.6 Å². The fraction of sp³-hybridized carbons (Fsp3) is 0.167. The van der Waals surface area contributed by atoms with Crippen LogP contribution in [0.5, 0.6) is 0 Å². The minimum Gasteiger partial charge on any atom is -0.465 e. The van der Waals surface area contributed by atoms with Gasteiger partial charge in [-0.1, -0.05) is 11.6 Å². The Labute approximate surface area is 102 Å². The topological polar surface area (TPSA) is 39.2 Å². The first-order valence-electron chi connectivity index (χ1n) is 4.87. The number of aromatic nitrogens is 1. The zero-order chi connectivity index (χ0) is 12.6. The van der Waals surface area contributed by atoms with Crippen LogP contribution in [0.15, 0.2) is 18.2 Å². The molecule has 1 aromatic heterocycles. The summed E-state index contributed by atoms with van der Waals surface area (Å²) in [6.45, 7) is 1.73. The molecule has 0 amide bonds. The van der Waals surface area contributed by atoms with Gasteiger partial charge in [-0.05, 0) is 30.7 Å². The van der Waals surface area contributed by atoms with E-state index in [-0.39, 0.29) is 16.5 Å². The molecule has 0 radical (unpaired) electrons. The lowest BCUT2D eigenvalue weighted by molar-refractivity contribution is 0.0600. The number of nitrogens with zero attached hydrogens (tertiary/aromatic N) is 1. The zero-order valence-electron chi connectivity index (χ0n) is 9.25. The molecule has 0 bridgehead atoms. The normalized spacial score (nSPS) is 10.6. The Morgan fingerprint density at radius 3 is 2.76 bits per heavy atom. The lowest BCUT2D eigenvalue weighted by Gasteiger charge is -2.06. The van der Waals surface area contributed by atoms with Crippen molar-refractivity contribution in [1.29, 1.82) is 0 Å². The number of aryl methyl sites for hydroxylation is 1. The van der Waals surface area contributed by atoms with Crippen LogP contribution in [-0.4, -0.2) is 18.1 Å². The van der Waals surface area contributed by atoms with Gasteiger partial charge in [0.2, 0.25) is 0 Å². The summed E-state index contributed by atoms with van der Waals surface area (Å²) in [6, 6.07) is 4.15. The van der Waals surface area contributed by atoms with Crippen LogP contribution in [0.3, 0.4) is 0 Å². The number of rotatable bonds is 1. The van der Waals surface area contributed by atoms with E-state index in [2.05, 4.69) is 9.72 Å². The van der Waals surface area contributed by atoms with E-state index in [9.17, 15) is 9.18 Å². The molecule has 0 fully saturated rings. The number of pyridine rings is 1. The van der Waals surface area contributed by atoms with Crippen LogP contribution in [-0.2, 0) is 4.74 Å². The average molecular weight is 254 g/mol. The van der Waals surface area contributed by atoms with Gasteiger partial charge in [0.05, 0.1) is 18.2 Å². The predicted octanol–water partition coefficient (Wildman–Crippen LogP) is 3.12. The first kappa shape index (κ1) is 11.8. The van der Waals surface area contributed by atoms with E-state index in [0.29, 0.717) is 16.5 Å². The van der Waals surface area contributed by atoms with Crippen molar-refractivity contribution in [2.45, 2.75) is 6.92 Å². The number of carbonyl (C=O) groups excluding carboxylic acids is 1. The first-order valence-corrected chi connectivity index (χ1v) is 5.25. The first-order chi connectivity index (χ1) is 8.02. The third-order valence-corrected chi connectivity index (χ3v) is 2.72. The number of hydrogen-bond acceptors (Lipinski definition) is 3. The van der Waals surface area contributed by atoms with Crippen molar-refractivity contribution in [2.24, 2.45) is 0 Å². The molecule has 0 saturated carbocycles. The Kier molecular flexibility index (Phi) is 2.98. The van der Waals surface area contributed by atoms with Crippen LogP contribution in [0, 0.1) is 12.7 Å². The summed E-state index contributed by atoms with van der Waals surface area (Å²) in [6.07, 6.45) is 0. The summed E-state index contributed by atoms with van der Waals surface area (Å²) in [7, 11) is 1.25. The van der Waals surface area contributed by atoms with Crippen LogP contribution in [0.1, 0.15) is 15.9 Å². The molecule has 0 atom stereocenters. The molecule has 88 valence electrons. The molecule has 0 aliphatic rings. The van der Waals surface area contributed by atoms with E-state index < -0.39 is 5.97 Å². The Balaban J connectivity index is 2.76. The summed E-state index contributed by atoms with van der Waals surface area (Å²) in [4.78, 5) is 15.5. The van der Waals surface area contributed by atoms with Crippen molar-refractivity contribution in [1.82, 2.24) is 4.98 Å². The molecule has 0 spiro atoms. The Morgan fingerprint density at radius 1 is 1.41 bits per heavy atom. The summed E-state index contributed by atoms with van der Waals surface area (Å²) in [5.41, 5.74) is 1.37. The highest BCUT2D eigenvalue weighted by Crippen LogP contribution is 2.24. The molecular formula is C12H9ClFNO2. The van der Waals surface area contributed by atoms with Crippen molar-refractivity contribution in [3.63, 3.8) is 0 Å². The molecule has 0 aliphatic heterocycles. The van der Waals surface area contributed by atoms with Crippen LogP contribution in [0.2, 0.25) is 5.15 Å². The smallest absolute Gasteiger partial charge is 0.341 e. The molecule has 1 aromatic carbocycles. The van der Waals surface area contributed by atoms with Gasteiger partial charge in [-0.15, -0.1) is 0 Å². The number of halogens is 2. The summed E-state index contributed by atoms with van der Waals surface area (Å²) < 4.78 is 17.8. The molecule has 2 aromatic rings. The van der Waals surface area contributed by atoms with Crippen molar-refractivity contribution < 1.29 is 13.9 Å². The van der Waals surface area contributed by atoms with E-state index in [1.165, 1.54) is 25.3 Å². The molecule has 0 N–H and O–H groups in total. The Bertz CT molecular complexity index is 613. The maximum Gasteiger partial charge on any atom is 0.341 e. The molecule has 3 nitrogen and oxygen atoms in total. The third kappa shape index (κ3) is 2.08. The van der Waals surface area contributed by atoms with Gasteiger partial charge in [0.1, 0.15) is 11.0 Å². The number of methoxy groups -OCH3 is 1. The predicted molar refractivity (Wildman–Crippen MR) is 62.8 cm³/mol. The van der Waals surface area contributed by atoms with Gasteiger partial charge in [-0.25, -0.2) is 14.2 Å². The van der Waals surface area contributed by atoms with Gasteiger partial charge in [-0.3, -0.25) is 0 Å². The fourth-order valence-corrected chi connectivity index (χ4v) is 1.87. The highest BCUT2D eigenvalue weighted by atomic mass is 35.5. The van der Waals surface area contributed by atoms with Gasteiger partial charge in [0.25, 0.3) is 0 Å². The second-order valence-electron chi connectivity index (χ2n) is 3.61. The average Bonchev–Trinajstić information content (AvgIpc) is 2.28. The van der Waals surface area contributed by atoms with Crippen LogP contribution in [0.25, 0.3) is 10.9 Å². The zero-order valence-corrected chi connectivity index (χ0v) is 10.0. The van der Waals surface area contributed by atoms with E-state index in [1.807, 2.05) is 0 Å². The minimum absolute atomic E-state index is 0.0547. The molecule has 2 rings (SSSR count). The molecule has 0 aliphatic carbocycles. The number of carbonyl (C=O) groups is 1. The largest absolute Gasteiger partial charge is 0.465 e. The third-order valence-electron chi connectivity index (χ3n) is 2.43. The standard InChI is InChI=1S/C12H9ClFNO2/c1-6-3-8(14)4-7-5-9(12(16)17-2)11(13)15-10(6)7/h3-5H,1-2H3. The van der Waals surface area contributed by atoms with Crippen LogP contribution in [0.4, 0.5) is 4.39 Å². The molecular weight excluding hydrogens is 245 g/mol. The highest BCUT2D eigenvalue weighted by Gasteiger charge is 2.14. The highest BCUT2D eigenvalue weighted by molar-refractivity contribution is 6.33. The van der Waals surface area contributed by atoms with Crippen molar-refractivity contribution in [3.05, 3.63) is 40.3 Å². The molecule has 17 heavy (non-hydrogen) atoms. The maximum absolute atomic E-state index is 13.2. The van der Waals surface area contributed by atoms with E-state index in [0.717, 1.165) is 0 Å². The summed E-state index contributed by atoms with van der Waals surface area (Å²) in [5.74, 6) is -0.971. The van der Waals surface area contributed by atoms with E-state index in [1.54, 1.807) is 6.92 Å². The van der Waals surface area contributed by atoms with Crippen LogP contribution < -0.4 is 0 Å². The summed E-state index contributed by atoms with van der Waals surface area (Å²) in [5, 5.41) is 0.575. The Morgan fingerprint density at radius 2 is 2.12 bits per heavy atom. The maximum atomic E-state index is 13.2. The monoisotopic (exact) mass is 253 g/mol. The molecule has 0 unspecified atom stereocenters. The molecule has 1 heterocycles.